The van der Waals surface area contributed by atoms with Crippen molar-refractivity contribution < 1.29 is 14.1 Å². The number of hydrogen-bond donors (Lipinski definition) is 0. The molecule has 13 heavy (non-hydrogen) atoms. The van der Waals surface area contributed by atoms with Crippen LogP contribution in [-0.2, 0) is 0 Å². The topological polar surface area (TPSA) is 52.4 Å². The molecule has 0 radical (unpaired) electrons. The Kier molecular flexibility index (Phi) is 2.82. The molecule has 1 aromatic carbocycles. The summed E-state index contributed by atoms with van der Waals surface area (Å²) >= 11 is 2.86. The summed E-state index contributed by atoms with van der Waals surface area (Å²) in [7, 11) is 1.35. The summed E-state index contributed by atoms with van der Waals surface area (Å²) in [6.45, 7) is 0. The molecular formula is C7H5BrFNO3. The van der Waals surface area contributed by atoms with Crippen molar-refractivity contribution in [3.63, 3.8) is 0 Å². The largest absolute Gasteiger partial charge is 0.495 e. The number of hydrogen-bond acceptors (Lipinski definition) is 3. The van der Waals surface area contributed by atoms with Crippen LogP contribution in [0.2, 0.25) is 0 Å². The molecular weight excluding hydrogens is 245 g/mol. The zero-order chi connectivity index (χ0) is 10.0. The molecule has 0 saturated heterocycles. The summed E-state index contributed by atoms with van der Waals surface area (Å²) in [5.74, 6) is -0.701. The molecule has 4 nitrogen and oxygen atoms in total. The van der Waals surface area contributed by atoms with Crippen molar-refractivity contribution >= 4 is 21.6 Å². The molecule has 70 valence electrons. The minimum atomic E-state index is -0.927. The number of nitro benzene ring substituents is 1. The van der Waals surface area contributed by atoms with Gasteiger partial charge in [-0.25, -0.2) is 0 Å². The van der Waals surface area contributed by atoms with E-state index >= 15 is 0 Å². The zero-order valence-electron chi connectivity index (χ0n) is 6.58. The van der Waals surface area contributed by atoms with Crippen molar-refractivity contribution in [1.29, 1.82) is 0 Å². The van der Waals surface area contributed by atoms with E-state index in [0.717, 1.165) is 6.07 Å². The molecule has 0 unspecified atom stereocenters. The number of methoxy groups -OCH3 is 1. The Labute approximate surface area is 81.6 Å². The van der Waals surface area contributed by atoms with Gasteiger partial charge in [0.15, 0.2) is 0 Å². The normalized spacial score (nSPS) is 9.77. The van der Waals surface area contributed by atoms with Crippen LogP contribution >= 0.6 is 15.9 Å². The molecule has 0 atom stereocenters. The van der Waals surface area contributed by atoms with Gasteiger partial charge in [0, 0.05) is 6.07 Å². The second-order valence-electron chi connectivity index (χ2n) is 2.17. The molecule has 0 aliphatic heterocycles. The van der Waals surface area contributed by atoms with Crippen molar-refractivity contribution in [2.24, 2.45) is 0 Å². The molecule has 0 aromatic heterocycles. The summed E-state index contributed by atoms with van der Waals surface area (Å²) in [4.78, 5) is 9.49. The summed E-state index contributed by atoms with van der Waals surface area (Å²) in [5.41, 5.74) is -0.576. The Morgan fingerprint density at radius 3 is 2.69 bits per heavy atom. The molecule has 1 aromatic rings. The van der Waals surface area contributed by atoms with Crippen molar-refractivity contribution in [3.8, 4) is 5.75 Å². The third-order valence-corrected chi connectivity index (χ3v) is 2.18. The number of nitrogens with zero attached hydrogens (tertiary/aromatic N) is 1. The standard InChI is InChI=1S/C7H5BrFNO3/c1-13-5-3-2-4(10(11)12)7(9)6(5)8/h2-3H,1H3. The van der Waals surface area contributed by atoms with Crippen LogP contribution in [-0.4, -0.2) is 12.0 Å². The number of ether oxygens (including phenoxy) is 1. The first-order valence-electron chi connectivity index (χ1n) is 3.24. The zero-order valence-corrected chi connectivity index (χ0v) is 8.17. The fourth-order valence-electron chi connectivity index (χ4n) is 0.820. The van der Waals surface area contributed by atoms with E-state index in [2.05, 4.69) is 15.9 Å². The van der Waals surface area contributed by atoms with Crippen LogP contribution in [0.4, 0.5) is 10.1 Å². The predicted molar refractivity (Wildman–Crippen MR) is 47.3 cm³/mol. The van der Waals surface area contributed by atoms with E-state index in [1.165, 1.54) is 13.2 Å². The predicted octanol–water partition coefficient (Wildman–Crippen LogP) is 2.51. The molecule has 0 heterocycles. The number of rotatable bonds is 2. The number of nitro groups is 1. The van der Waals surface area contributed by atoms with E-state index < -0.39 is 16.4 Å². The molecule has 0 spiro atoms. The molecule has 0 amide bonds. The summed E-state index contributed by atoms with van der Waals surface area (Å²) in [6, 6.07) is 2.38. The molecule has 6 heteroatoms. The Morgan fingerprint density at radius 2 is 2.23 bits per heavy atom. The van der Waals surface area contributed by atoms with Crippen LogP contribution in [0.1, 0.15) is 0 Å². The molecule has 0 saturated carbocycles. The van der Waals surface area contributed by atoms with Gasteiger partial charge >= 0.3 is 5.69 Å². The molecule has 0 aliphatic carbocycles. The lowest BCUT2D eigenvalue weighted by Crippen LogP contribution is -1.95. The van der Waals surface area contributed by atoms with Crippen LogP contribution in [0, 0.1) is 15.9 Å². The van der Waals surface area contributed by atoms with Crippen molar-refractivity contribution in [3.05, 3.63) is 32.5 Å². The van der Waals surface area contributed by atoms with E-state index in [4.69, 9.17) is 4.74 Å². The van der Waals surface area contributed by atoms with Crippen LogP contribution < -0.4 is 4.74 Å². The van der Waals surface area contributed by atoms with E-state index in [0.29, 0.717) is 0 Å². The molecule has 0 aliphatic rings. The first-order valence-corrected chi connectivity index (χ1v) is 4.03. The highest BCUT2D eigenvalue weighted by Gasteiger charge is 2.19. The fourth-order valence-corrected chi connectivity index (χ4v) is 1.32. The lowest BCUT2D eigenvalue weighted by atomic mass is 10.3. The van der Waals surface area contributed by atoms with E-state index in [1.807, 2.05) is 0 Å². The van der Waals surface area contributed by atoms with Gasteiger partial charge in [-0.3, -0.25) is 10.1 Å². The quantitative estimate of drug-likeness (QED) is 0.598. The second kappa shape index (κ2) is 3.69. The molecule has 0 bridgehead atoms. The number of benzene rings is 1. The van der Waals surface area contributed by atoms with Crippen LogP contribution in [0.3, 0.4) is 0 Å². The monoisotopic (exact) mass is 249 g/mol. The van der Waals surface area contributed by atoms with Gasteiger partial charge in [-0.15, -0.1) is 0 Å². The molecule has 0 N–H and O–H groups in total. The van der Waals surface area contributed by atoms with Gasteiger partial charge in [-0.05, 0) is 22.0 Å². The third-order valence-electron chi connectivity index (χ3n) is 1.44. The van der Waals surface area contributed by atoms with E-state index in [9.17, 15) is 14.5 Å². The van der Waals surface area contributed by atoms with Gasteiger partial charge in [0.25, 0.3) is 0 Å². The maximum Gasteiger partial charge on any atom is 0.306 e. The van der Waals surface area contributed by atoms with Crippen molar-refractivity contribution in [2.45, 2.75) is 0 Å². The highest BCUT2D eigenvalue weighted by molar-refractivity contribution is 9.10. The molecule has 1 rings (SSSR count). The van der Waals surface area contributed by atoms with Crippen molar-refractivity contribution in [2.75, 3.05) is 7.11 Å². The first kappa shape index (κ1) is 9.91. The minimum absolute atomic E-state index is 0.0378. The maximum absolute atomic E-state index is 13.1. The summed E-state index contributed by atoms with van der Waals surface area (Å²) in [6.07, 6.45) is 0. The maximum atomic E-state index is 13.1. The third kappa shape index (κ3) is 1.77. The lowest BCUT2D eigenvalue weighted by molar-refractivity contribution is -0.387. The van der Waals surface area contributed by atoms with E-state index in [1.54, 1.807) is 0 Å². The van der Waals surface area contributed by atoms with Gasteiger partial charge in [0.05, 0.1) is 12.0 Å². The fraction of sp³-hybridized carbons (Fsp3) is 0.143. The second-order valence-corrected chi connectivity index (χ2v) is 2.97. The average Bonchev–Trinajstić information content (AvgIpc) is 2.09. The van der Waals surface area contributed by atoms with Gasteiger partial charge in [-0.2, -0.15) is 4.39 Å². The van der Waals surface area contributed by atoms with Crippen LogP contribution in [0.25, 0.3) is 0 Å². The van der Waals surface area contributed by atoms with Crippen LogP contribution in [0.15, 0.2) is 16.6 Å². The van der Waals surface area contributed by atoms with Crippen LogP contribution in [0.5, 0.6) is 5.75 Å². The Hall–Kier alpha value is -1.17. The summed E-state index contributed by atoms with van der Waals surface area (Å²) in [5, 5.41) is 10.3. The Balaban J connectivity index is 3.31. The van der Waals surface area contributed by atoms with Gasteiger partial charge in [0.1, 0.15) is 10.2 Å². The number of halogens is 2. The summed E-state index contributed by atoms with van der Waals surface area (Å²) < 4.78 is 17.8. The van der Waals surface area contributed by atoms with Gasteiger partial charge in [0.2, 0.25) is 5.82 Å². The lowest BCUT2D eigenvalue weighted by Gasteiger charge is -2.03. The van der Waals surface area contributed by atoms with Crippen molar-refractivity contribution in [1.82, 2.24) is 0 Å². The first-order chi connectivity index (χ1) is 6.07. The average molecular weight is 250 g/mol. The minimum Gasteiger partial charge on any atom is -0.495 e. The molecule has 0 fully saturated rings. The SMILES string of the molecule is COc1ccc([N+](=O)[O-])c(F)c1Br. The van der Waals surface area contributed by atoms with E-state index in [-0.39, 0.29) is 10.2 Å². The Bertz CT molecular complexity index is 356. The van der Waals surface area contributed by atoms with Gasteiger partial charge < -0.3 is 4.74 Å². The van der Waals surface area contributed by atoms with Gasteiger partial charge in [-0.1, -0.05) is 0 Å². The smallest absolute Gasteiger partial charge is 0.306 e. The highest BCUT2D eigenvalue weighted by atomic mass is 79.9. The highest BCUT2D eigenvalue weighted by Crippen LogP contribution is 2.32. The Morgan fingerprint density at radius 1 is 1.62 bits per heavy atom.